The minimum atomic E-state index is -1.46. The number of thiazole rings is 1. The molecule has 5 rings (SSSR count). The van der Waals surface area contributed by atoms with E-state index in [0.29, 0.717) is 16.9 Å². The van der Waals surface area contributed by atoms with E-state index >= 15 is 0 Å². The molecule has 0 radical (unpaired) electrons. The maximum atomic E-state index is 13.0. The lowest BCUT2D eigenvalue weighted by molar-refractivity contribution is -0.688. The monoisotopic (exact) mass is 514 g/mol. The Kier molecular flexibility index (Phi) is 5.90. The molecule has 0 unspecified atom stereocenters. The lowest BCUT2D eigenvalue weighted by atomic mass is 10.0. The molecule has 0 saturated carbocycles. The van der Waals surface area contributed by atoms with Crippen LogP contribution in [0.1, 0.15) is 5.69 Å². The van der Waals surface area contributed by atoms with Crippen molar-refractivity contribution in [2.24, 2.45) is 5.16 Å². The first kappa shape index (κ1) is 22.9. The molecule has 5 heterocycles. The number of nitrogens with zero attached hydrogens (tertiary/aromatic N) is 4. The number of carbonyl (C=O) groups excluding carboxylic acids is 3. The number of hydrogen-bond donors (Lipinski definition) is 2. The third-order valence-corrected chi connectivity index (χ3v) is 7.53. The van der Waals surface area contributed by atoms with Crippen LogP contribution in [0.3, 0.4) is 0 Å². The van der Waals surface area contributed by atoms with Crippen molar-refractivity contribution in [2.75, 3.05) is 18.6 Å². The number of rotatable bonds is 7. The Labute approximate surface area is 206 Å². The molecule has 3 aromatic heterocycles. The summed E-state index contributed by atoms with van der Waals surface area (Å²) in [5.74, 6) is -2.38. The highest BCUT2D eigenvalue weighted by atomic mass is 32.2. The molecule has 2 amide bonds. The van der Waals surface area contributed by atoms with Crippen LogP contribution < -0.4 is 20.7 Å². The van der Waals surface area contributed by atoms with Gasteiger partial charge in [-0.1, -0.05) is 5.16 Å². The van der Waals surface area contributed by atoms with Crippen molar-refractivity contribution in [1.82, 2.24) is 15.2 Å². The molecule has 180 valence electrons. The molecular weight excluding hydrogens is 496 g/mol. The Bertz CT molecular complexity index is 1410. The quantitative estimate of drug-likeness (QED) is 0.178. The highest BCUT2D eigenvalue weighted by Gasteiger charge is 2.53. The minimum absolute atomic E-state index is 0.145. The summed E-state index contributed by atoms with van der Waals surface area (Å²) in [7, 11) is 1.27. The minimum Gasteiger partial charge on any atom is -0.543 e. The number of nitrogens with two attached hydrogens (primary N) is 1. The molecule has 1 fully saturated rings. The normalized spacial score (nSPS) is 20.0. The van der Waals surface area contributed by atoms with Gasteiger partial charge in [0.15, 0.2) is 29.2 Å². The molecule has 0 spiro atoms. The van der Waals surface area contributed by atoms with E-state index in [-0.39, 0.29) is 28.8 Å². The lowest BCUT2D eigenvalue weighted by Crippen LogP contribution is -2.71. The molecule has 1 saturated heterocycles. The molecular formula is C21H18N6O6S2. The number of aliphatic carboxylic acids is 1. The molecule has 0 aromatic carbocycles. The zero-order valence-electron chi connectivity index (χ0n) is 18.2. The Morgan fingerprint density at radius 3 is 3.00 bits per heavy atom. The third-order valence-electron chi connectivity index (χ3n) is 5.52. The number of nitrogens with one attached hydrogen (secondary N) is 1. The number of carboxylic acids is 1. The molecule has 12 nitrogen and oxygen atoms in total. The van der Waals surface area contributed by atoms with E-state index in [1.165, 1.54) is 24.3 Å². The van der Waals surface area contributed by atoms with Gasteiger partial charge >= 0.3 is 0 Å². The number of oxime groups is 1. The number of fused-ring (bicyclic) bond motifs is 2. The average molecular weight is 515 g/mol. The Morgan fingerprint density at radius 2 is 2.29 bits per heavy atom. The smallest absolute Gasteiger partial charge is 0.276 e. The Hall–Kier alpha value is -3.91. The van der Waals surface area contributed by atoms with Crippen molar-refractivity contribution >= 4 is 62.7 Å². The predicted molar refractivity (Wildman–Crippen MR) is 124 cm³/mol. The summed E-state index contributed by atoms with van der Waals surface area (Å²) in [4.78, 5) is 47.7. The van der Waals surface area contributed by atoms with Crippen LogP contribution in [0.5, 0.6) is 0 Å². The molecule has 2 atom stereocenters. The molecule has 35 heavy (non-hydrogen) atoms. The van der Waals surface area contributed by atoms with Gasteiger partial charge in [-0.15, -0.1) is 23.1 Å². The van der Waals surface area contributed by atoms with Gasteiger partial charge in [0.25, 0.3) is 11.8 Å². The Balaban J connectivity index is 1.36. The number of pyridine rings is 1. The lowest BCUT2D eigenvalue weighted by Gasteiger charge is -2.50. The van der Waals surface area contributed by atoms with Crippen LogP contribution >= 0.6 is 23.1 Å². The number of furan rings is 1. The summed E-state index contributed by atoms with van der Waals surface area (Å²) in [6.45, 7) is 0.233. The Morgan fingerprint density at radius 1 is 1.46 bits per heavy atom. The molecule has 14 heteroatoms. The van der Waals surface area contributed by atoms with Crippen LogP contribution in [0.25, 0.3) is 11.0 Å². The second kappa shape index (κ2) is 9.03. The maximum Gasteiger partial charge on any atom is 0.276 e. The molecule has 3 N–H and O–H groups in total. The molecule has 3 aromatic rings. The number of aromatic nitrogens is 2. The second-order valence-electron chi connectivity index (χ2n) is 7.65. The van der Waals surface area contributed by atoms with Crippen molar-refractivity contribution in [3.8, 4) is 0 Å². The number of anilines is 1. The van der Waals surface area contributed by atoms with Gasteiger partial charge in [-0.05, 0) is 6.07 Å². The summed E-state index contributed by atoms with van der Waals surface area (Å²) >= 11 is 2.47. The number of β-lactam (4-membered cyclic amide) rings is 1. The van der Waals surface area contributed by atoms with Gasteiger partial charge in [0.2, 0.25) is 6.20 Å². The highest BCUT2D eigenvalue weighted by Crippen LogP contribution is 2.40. The van der Waals surface area contributed by atoms with Gasteiger partial charge in [-0.2, -0.15) is 4.57 Å². The molecule has 2 aliphatic heterocycles. The summed E-state index contributed by atoms with van der Waals surface area (Å²) < 4.78 is 7.18. The largest absolute Gasteiger partial charge is 0.543 e. The maximum absolute atomic E-state index is 13.0. The fourth-order valence-corrected chi connectivity index (χ4v) is 5.84. The number of amides is 2. The van der Waals surface area contributed by atoms with Crippen LogP contribution in [-0.2, 0) is 25.8 Å². The predicted octanol–water partition coefficient (Wildman–Crippen LogP) is -0.786. The number of carbonyl (C=O) groups is 3. The number of thioether (sulfide) groups is 1. The van der Waals surface area contributed by atoms with Crippen molar-refractivity contribution in [1.29, 1.82) is 0 Å². The zero-order valence-corrected chi connectivity index (χ0v) is 19.8. The van der Waals surface area contributed by atoms with E-state index in [1.807, 2.05) is 12.1 Å². The molecule has 2 aliphatic rings. The van der Waals surface area contributed by atoms with E-state index in [9.17, 15) is 19.5 Å². The summed E-state index contributed by atoms with van der Waals surface area (Å²) in [6.07, 6.45) is 5.13. The van der Waals surface area contributed by atoms with E-state index < -0.39 is 29.2 Å². The van der Waals surface area contributed by atoms with Gasteiger partial charge in [0.1, 0.15) is 24.2 Å². The van der Waals surface area contributed by atoms with Crippen LogP contribution in [0, 0.1) is 0 Å². The van der Waals surface area contributed by atoms with Crippen LogP contribution in [0.4, 0.5) is 5.13 Å². The highest BCUT2D eigenvalue weighted by molar-refractivity contribution is 8.00. The van der Waals surface area contributed by atoms with Crippen molar-refractivity contribution < 1.29 is 33.3 Å². The number of nitrogen functional groups attached to an aromatic ring is 1. The molecule has 0 bridgehead atoms. The summed E-state index contributed by atoms with van der Waals surface area (Å²) in [5.41, 5.74) is 6.68. The van der Waals surface area contributed by atoms with Gasteiger partial charge in [-0.3, -0.25) is 14.5 Å². The first-order valence-corrected chi connectivity index (χ1v) is 12.2. The van der Waals surface area contributed by atoms with Crippen LogP contribution in [-0.4, -0.2) is 57.7 Å². The number of carboxylic acid groups (broad SMARTS) is 1. The number of hydrogen-bond acceptors (Lipinski definition) is 11. The summed E-state index contributed by atoms with van der Waals surface area (Å²) in [6, 6.07) is 2.73. The first-order valence-electron chi connectivity index (χ1n) is 10.2. The van der Waals surface area contributed by atoms with Crippen molar-refractivity contribution in [2.45, 2.75) is 18.0 Å². The molecule has 0 aliphatic carbocycles. The van der Waals surface area contributed by atoms with Gasteiger partial charge in [0, 0.05) is 28.2 Å². The van der Waals surface area contributed by atoms with Gasteiger partial charge in [0.05, 0.1) is 17.9 Å². The summed E-state index contributed by atoms with van der Waals surface area (Å²) in [5, 5.41) is 20.4. The average Bonchev–Trinajstić information content (AvgIpc) is 3.48. The first-order chi connectivity index (χ1) is 16.9. The van der Waals surface area contributed by atoms with Crippen LogP contribution in [0.2, 0.25) is 0 Å². The van der Waals surface area contributed by atoms with E-state index in [2.05, 4.69) is 15.5 Å². The van der Waals surface area contributed by atoms with Gasteiger partial charge in [-0.25, -0.2) is 4.98 Å². The fourth-order valence-electron chi connectivity index (χ4n) is 3.96. The van der Waals surface area contributed by atoms with Crippen molar-refractivity contribution in [3.63, 3.8) is 0 Å². The topological polar surface area (TPSA) is 167 Å². The second-order valence-corrected chi connectivity index (χ2v) is 9.65. The standard InChI is InChI=1S/C21H18N6O6S2/c1-32-25-14(12-9-35-21(22)23-12)17(28)24-15-18(29)27-16(20(30)31)11(8-34-19(15)27)6-26-4-2-10-3-5-33-13(10)7-26/h2-5,7,9,15,19H,6,8H2,1H3,(H3-,22,23,24,28,30,31)/b25-14-/t15-,19-/m1/s1. The zero-order chi connectivity index (χ0) is 24.7. The van der Waals surface area contributed by atoms with Crippen LogP contribution in [0.15, 0.2) is 57.0 Å². The van der Waals surface area contributed by atoms with Crippen molar-refractivity contribution in [3.05, 3.63) is 53.1 Å². The van der Waals surface area contributed by atoms with E-state index in [0.717, 1.165) is 21.6 Å². The van der Waals surface area contributed by atoms with Gasteiger partial charge < -0.3 is 30.2 Å². The fraction of sp³-hybridized carbons (Fsp3) is 0.238. The van der Waals surface area contributed by atoms with E-state index in [4.69, 9.17) is 15.0 Å². The van der Waals surface area contributed by atoms with E-state index in [1.54, 1.807) is 23.2 Å². The third kappa shape index (κ3) is 4.10. The SMILES string of the molecule is CO/N=C(\C(=O)N[C@@H]1C(=O)N2C(C(=O)[O-])=C(C[n+]3ccc4ccoc4c3)CS[C@H]12)c1csc(N)n1.